The maximum atomic E-state index is 14.9. The van der Waals surface area contributed by atoms with Gasteiger partial charge in [-0.15, -0.1) is 0 Å². The van der Waals surface area contributed by atoms with Gasteiger partial charge in [-0.05, 0) is 50.6 Å². The summed E-state index contributed by atoms with van der Waals surface area (Å²) in [4.78, 5) is 23.9. The Kier molecular flexibility index (Phi) is 8.30. The number of carbonyl (C=O) groups excluding carboxylic acids is 1. The van der Waals surface area contributed by atoms with Crippen LogP contribution in [0.2, 0.25) is 0 Å². The van der Waals surface area contributed by atoms with Crippen molar-refractivity contribution in [1.82, 2.24) is 14.9 Å². The Balaban J connectivity index is 1.46. The summed E-state index contributed by atoms with van der Waals surface area (Å²) in [5.41, 5.74) is 0.286. The summed E-state index contributed by atoms with van der Waals surface area (Å²) in [7, 11) is -3.20. The van der Waals surface area contributed by atoms with Crippen LogP contribution >= 0.6 is 0 Å². The van der Waals surface area contributed by atoms with Gasteiger partial charge in [-0.1, -0.05) is 12.1 Å². The van der Waals surface area contributed by atoms with Crippen molar-refractivity contribution >= 4 is 38.4 Å². The number of ether oxygens (including phenoxy) is 2. The summed E-state index contributed by atoms with van der Waals surface area (Å²) in [6.07, 6.45) is 2.19. The van der Waals surface area contributed by atoms with Gasteiger partial charge in [0.1, 0.15) is 39.5 Å². The van der Waals surface area contributed by atoms with E-state index in [2.05, 4.69) is 14.7 Å². The number of pyridine rings is 2. The van der Waals surface area contributed by atoms with E-state index in [1.807, 2.05) is 4.90 Å². The van der Waals surface area contributed by atoms with Crippen LogP contribution in [0.15, 0.2) is 59.8 Å². The standard InChI is InChI=1S/C30H30F3N5O5S/c1-30(2,3)43-29(39)38-11-9-37(10-12-38)27-22-13-18(5-7-21(22)24(33)17-34-27)19-14-25(28(42-4)35-16-19)36-44(40,41)26-8-6-20(31)15-23(26)32/h5-8,13-17,36H,9-12H2,1-4H3. The number of methoxy groups -OCH3 is 1. The van der Waals surface area contributed by atoms with E-state index in [1.165, 1.54) is 19.4 Å². The van der Waals surface area contributed by atoms with Crippen molar-refractivity contribution in [3.63, 3.8) is 0 Å². The van der Waals surface area contributed by atoms with Crippen LogP contribution in [0.25, 0.3) is 21.9 Å². The number of carbonyl (C=O) groups is 1. The number of aromatic nitrogens is 2. The molecule has 1 aliphatic heterocycles. The highest BCUT2D eigenvalue weighted by molar-refractivity contribution is 7.92. The highest BCUT2D eigenvalue weighted by Gasteiger charge is 2.28. The minimum atomic E-state index is -4.49. The van der Waals surface area contributed by atoms with Crippen LogP contribution in [0.4, 0.5) is 29.5 Å². The molecule has 0 bridgehead atoms. The average Bonchev–Trinajstić information content (AvgIpc) is 2.96. The number of hydrogen-bond donors (Lipinski definition) is 1. The molecule has 2 aromatic heterocycles. The SMILES string of the molecule is COc1ncc(-c2ccc3c(F)cnc(N4CCN(C(=O)OC(C)(C)C)CC4)c3c2)cc1NS(=O)(=O)c1ccc(F)cc1F. The van der Waals surface area contributed by atoms with Gasteiger partial charge in [0.25, 0.3) is 10.0 Å². The maximum absolute atomic E-state index is 14.9. The van der Waals surface area contributed by atoms with Gasteiger partial charge in [0, 0.05) is 54.8 Å². The van der Waals surface area contributed by atoms with E-state index in [-0.39, 0.29) is 11.6 Å². The number of piperazine rings is 1. The zero-order valence-corrected chi connectivity index (χ0v) is 25.2. The third-order valence-electron chi connectivity index (χ3n) is 6.85. The van der Waals surface area contributed by atoms with Gasteiger partial charge in [0.15, 0.2) is 0 Å². The number of amides is 1. The number of nitrogens with zero attached hydrogens (tertiary/aromatic N) is 4. The molecule has 1 fully saturated rings. The Labute approximate surface area is 252 Å². The number of anilines is 2. The maximum Gasteiger partial charge on any atom is 0.410 e. The van der Waals surface area contributed by atoms with Crippen molar-refractivity contribution in [3.05, 3.63) is 72.3 Å². The molecule has 10 nitrogen and oxygen atoms in total. The first-order chi connectivity index (χ1) is 20.8. The molecule has 44 heavy (non-hydrogen) atoms. The lowest BCUT2D eigenvalue weighted by molar-refractivity contribution is 0.0240. The zero-order chi connectivity index (χ0) is 31.8. The number of fused-ring (bicyclic) bond motifs is 1. The molecule has 0 unspecified atom stereocenters. The summed E-state index contributed by atoms with van der Waals surface area (Å²) < 4.78 is 81.4. The molecule has 0 spiro atoms. The van der Waals surface area contributed by atoms with Gasteiger partial charge in [0.2, 0.25) is 5.88 Å². The summed E-state index contributed by atoms with van der Waals surface area (Å²) >= 11 is 0. The van der Waals surface area contributed by atoms with Crippen LogP contribution in [0.3, 0.4) is 0 Å². The molecule has 0 atom stereocenters. The van der Waals surface area contributed by atoms with E-state index in [0.717, 1.165) is 18.3 Å². The lowest BCUT2D eigenvalue weighted by Crippen LogP contribution is -2.50. The summed E-state index contributed by atoms with van der Waals surface area (Å²) in [6, 6.07) is 8.51. The Morgan fingerprint density at radius 1 is 0.886 bits per heavy atom. The smallest absolute Gasteiger partial charge is 0.410 e. The van der Waals surface area contributed by atoms with Crippen LogP contribution in [-0.2, 0) is 14.8 Å². The highest BCUT2D eigenvalue weighted by Crippen LogP contribution is 2.35. The minimum absolute atomic E-state index is 0.0862. The molecule has 4 aromatic rings. The van der Waals surface area contributed by atoms with Crippen molar-refractivity contribution in [1.29, 1.82) is 0 Å². The third-order valence-corrected chi connectivity index (χ3v) is 8.25. The Morgan fingerprint density at radius 2 is 1.61 bits per heavy atom. The van der Waals surface area contributed by atoms with Crippen LogP contribution in [0, 0.1) is 17.5 Å². The average molecular weight is 630 g/mol. The number of hydrogen-bond acceptors (Lipinski definition) is 8. The lowest BCUT2D eigenvalue weighted by Gasteiger charge is -2.36. The number of rotatable bonds is 6. The van der Waals surface area contributed by atoms with Crippen LogP contribution in [0.5, 0.6) is 5.88 Å². The highest BCUT2D eigenvalue weighted by atomic mass is 32.2. The minimum Gasteiger partial charge on any atom is -0.480 e. The van der Waals surface area contributed by atoms with Gasteiger partial charge in [0.05, 0.1) is 13.3 Å². The molecule has 14 heteroatoms. The second-order valence-electron chi connectivity index (χ2n) is 11.1. The zero-order valence-electron chi connectivity index (χ0n) is 24.4. The fourth-order valence-electron chi connectivity index (χ4n) is 4.79. The topological polar surface area (TPSA) is 114 Å². The summed E-state index contributed by atoms with van der Waals surface area (Å²) in [5, 5.41) is 0.821. The van der Waals surface area contributed by atoms with Crippen molar-refractivity contribution in [3.8, 4) is 17.0 Å². The Hall–Kier alpha value is -4.59. The quantitative estimate of drug-likeness (QED) is 0.294. The number of nitrogens with one attached hydrogen (secondary N) is 1. The fourth-order valence-corrected chi connectivity index (χ4v) is 5.90. The number of sulfonamides is 1. The van der Waals surface area contributed by atoms with E-state index in [1.54, 1.807) is 43.9 Å². The van der Waals surface area contributed by atoms with Crippen LogP contribution in [0.1, 0.15) is 20.8 Å². The van der Waals surface area contributed by atoms with Crippen LogP contribution in [-0.4, -0.2) is 68.3 Å². The van der Waals surface area contributed by atoms with Crippen LogP contribution < -0.4 is 14.4 Å². The molecule has 232 valence electrons. The molecule has 1 amide bonds. The van der Waals surface area contributed by atoms with Gasteiger partial charge >= 0.3 is 6.09 Å². The van der Waals surface area contributed by atoms with E-state index in [0.29, 0.717) is 60.0 Å². The predicted octanol–water partition coefficient (Wildman–Crippen LogP) is 5.58. The first kappa shape index (κ1) is 30.9. The summed E-state index contributed by atoms with van der Waals surface area (Å²) in [5.74, 6) is -2.28. The number of benzene rings is 2. The molecule has 2 aromatic carbocycles. The second kappa shape index (κ2) is 11.8. The predicted molar refractivity (Wildman–Crippen MR) is 159 cm³/mol. The first-order valence-electron chi connectivity index (χ1n) is 13.6. The van der Waals surface area contributed by atoms with Crippen molar-refractivity contribution in [2.24, 2.45) is 0 Å². The third kappa shape index (κ3) is 6.49. The molecule has 0 radical (unpaired) electrons. The van der Waals surface area contributed by atoms with E-state index >= 15 is 0 Å². The van der Waals surface area contributed by atoms with Gasteiger partial charge in [-0.3, -0.25) is 4.72 Å². The Morgan fingerprint density at radius 3 is 2.27 bits per heavy atom. The second-order valence-corrected chi connectivity index (χ2v) is 12.8. The molecular weight excluding hydrogens is 599 g/mol. The van der Waals surface area contributed by atoms with Crippen molar-refractivity contribution in [2.75, 3.05) is 42.9 Å². The van der Waals surface area contributed by atoms with Gasteiger partial charge < -0.3 is 19.3 Å². The van der Waals surface area contributed by atoms with Gasteiger partial charge in [-0.2, -0.15) is 0 Å². The van der Waals surface area contributed by atoms with E-state index in [4.69, 9.17) is 9.47 Å². The largest absolute Gasteiger partial charge is 0.480 e. The molecule has 5 rings (SSSR count). The van der Waals surface area contributed by atoms with Crippen molar-refractivity contribution in [2.45, 2.75) is 31.3 Å². The molecule has 0 saturated carbocycles. The molecule has 3 heterocycles. The molecule has 1 N–H and O–H groups in total. The number of halogens is 3. The monoisotopic (exact) mass is 629 g/mol. The lowest BCUT2D eigenvalue weighted by atomic mass is 10.0. The van der Waals surface area contributed by atoms with E-state index < -0.39 is 44.1 Å². The fraction of sp³-hybridized carbons (Fsp3) is 0.300. The Bertz CT molecular complexity index is 1840. The van der Waals surface area contributed by atoms with E-state index in [9.17, 15) is 26.4 Å². The normalized spacial score (nSPS) is 14.1. The molecule has 1 aliphatic rings. The van der Waals surface area contributed by atoms with Crippen molar-refractivity contribution < 1.29 is 35.9 Å². The first-order valence-corrected chi connectivity index (χ1v) is 15.1. The van der Waals surface area contributed by atoms with Gasteiger partial charge in [-0.25, -0.2) is 36.4 Å². The molecular formula is C30H30F3N5O5S. The summed E-state index contributed by atoms with van der Waals surface area (Å²) in [6.45, 7) is 7.05. The molecule has 1 saturated heterocycles. The molecule has 0 aliphatic carbocycles.